The molecular formula is C16H12N12O. The first kappa shape index (κ1) is 16.6. The lowest BCUT2D eigenvalue weighted by atomic mass is 10.1. The Morgan fingerprint density at radius 2 is 1.48 bits per heavy atom. The predicted octanol–water partition coefficient (Wildman–Crippen LogP) is 0.698. The van der Waals surface area contributed by atoms with Crippen LogP contribution in [0.1, 0.15) is 0 Å². The molecule has 0 spiro atoms. The predicted molar refractivity (Wildman–Crippen MR) is 97.5 cm³/mol. The summed E-state index contributed by atoms with van der Waals surface area (Å²) in [6.07, 6.45) is 1.80. The maximum Gasteiger partial charge on any atom is 0.223 e. The van der Waals surface area contributed by atoms with Crippen molar-refractivity contribution < 1.29 is 4.74 Å². The number of nitrogens with zero attached hydrogens (tertiary/aromatic N) is 10. The third-order valence-electron chi connectivity index (χ3n) is 4.10. The topological polar surface area (TPSA) is 162 Å². The molecule has 0 atom stereocenters. The van der Waals surface area contributed by atoms with Crippen molar-refractivity contribution in [3.63, 3.8) is 0 Å². The van der Waals surface area contributed by atoms with Crippen LogP contribution in [0.15, 0.2) is 42.6 Å². The number of benzene rings is 1. The second kappa shape index (κ2) is 6.88. The summed E-state index contributed by atoms with van der Waals surface area (Å²) in [6, 6.07) is 11.1. The van der Waals surface area contributed by atoms with Gasteiger partial charge in [0, 0.05) is 5.56 Å². The molecule has 4 heterocycles. The molecule has 5 rings (SSSR count). The van der Waals surface area contributed by atoms with Gasteiger partial charge in [-0.3, -0.25) is 0 Å². The number of methoxy groups -OCH3 is 1. The van der Waals surface area contributed by atoms with Crippen LogP contribution >= 0.6 is 0 Å². The molecular weight excluding hydrogens is 376 g/mol. The Balaban J connectivity index is 1.57. The summed E-state index contributed by atoms with van der Waals surface area (Å²) in [7, 11) is 1.62. The highest BCUT2D eigenvalue weighted by molar-refractivity contribution is 5.70. The zero-order valence-corrected chi connectivity index (χ0v) is 14.9. The van der Waals surface area contributed by atoms with Gasteiger partial charge in [-0.1, -0.05) is 5.21 Å². The third-order valence-corrected chi connectivity index (χ3v) is 4.10. The van der Waals surface area contributed by atoms with Gasteiger partial charge in [-0.25, -0.2) is 9.67 Å². The standard InChI is InChI=1S/C16H12N12O/c1-29-11-4-2-10(3-5-11)28-8-14(18-27-28)9-6-12(15-19-23-24-20-15)17-13(7-9)16-21-25-26-22-16/h2-8H,1H3,(H,19,20,23,24)(H,21,22,25,26). The van der Waals surface area contributed by atoms with Crippen molar-refractivity contribution >= 4 is 0 Å². The number of pyridine rings is 1. The molecule has 0 aliphatic rings. The normalized spacial score (nSPS) is 10.9. The monoisotopic (exact) mass is 388 g/mol. The number of hydrogen-bond donors (Lipinski definition) is 2. The van der Waals surface area contributed by atoms with Crippen LogP contribution in [0, 0.1) is 0 Å². The maximum absolute atomic E-state index is 5.19. The number of hydrogen-bond acceptors (Lipinski definition) is 10. The van der Waals surface area contributed by atoms with E-state index in [9.17, 15) is 0 Å². The van der Waals surface area contributed by atoms with Gasteiger partial charge in [0.25, 0.3) is 0 Å². The number of aromatic nitrogens is 12. The third kappa shape index (κ3) is 3.16. The zero-order chi connectivity index (χ0) is 19.6. The van der Waals surface area contributed by atoms with Gasteiger partial charge in [0.2, 0.25) is 11.6 Å². The molecule has 13 nitrogen and oxygen atoms in total. The highest BCUT2D eigenvalue weighted by Gasteiger charge is 2.15. The fourth-order valence-electron chi connectivity index (χ4n) is 2.71. The molecule has 0 unspecified atom stereocenters. The molecule has 0 fully saturated rings. The highest BCUT2D eigenvalue weighted by Crippen LogP contribution is 2.26. The van der Waals surface area contributed by atoms with Crippen molar-refractivity contribution in [2.24, 2.45) is 0 Å². The average Bonchev–Trinajstić information content (AvgIpc) is 3.56. The second-order valence-electron chi connectivity index (χ2n) is 5.84. The van der Waals surface area contributed by atoms with Gasteiger partial charge < -0.3 is 4.74 Å². The van der Waals surface area contributed by atoms with E-state index in [0.717, 1.165) is 17.0 Å². The van der Waals surface area contributed by atoms with E-state index in [0.29, 0.717) is 28.7 Å². The number of nitrogens with one attached hydrogen (secondary N) is 2. The Kier molecular flexibility index (Phi) is 3.94. The summed E-state index contributed by atoms with van der Waals surface area (Å²) in [5.41, 5.74) is 3.16. The molecule has 13 heteroatoms. The summed E-state index contributed by atoms with van der Waals surface area (Å²) in [5, 5.41) is 36.4. The van der Waals surface area contributed by atoms with E-state index in [2.05, 4.69) is 56.5 Å². The molecule has 4 aromatic heterocycles. The van der Waals surface area contributed by atoms with E-state index in [1.165, 1.54) is 0 Å². The Labute approximate surface area is 162 Å². The SMILES string of the molecule is COc1ccc(-n2cc(-c3cc(-c4nn[nH]n4)nc(-c4nn[nH]n4)c3)nn2)cc1. The summed E-state index contributed by atoms with van der Waals surface area (Å²) >= 11 is 0. The molecule has 142 valence electrons. The van der Waals surface area contributed by atoms with Gasteiger partial charge in [-0.2, -0.15) is 10.4 Å². The second-order valence-corrected chi connectivity index (χ2v) is 5.84. The van der Waals surface area contributed by atoms with Crippen LogP contribution in [0.5, 0.6) is 5.75 Å². The van der Waals surface area contributed by atoms with E-state index >= 15 is 0 Å². The van der Waals surface area contributed by atoms with Crippen LogP contribution in [0.4, 0.5) is 0 Å². The van der Waals surface area contributed by atoms with Gasteiger partial charge in [0.1, 0.15) is 22.8 Å². The van der Waals surface area contributed by atoms with Crippen molar-refractivity contribution in [2.75, 3.05) is 7.11 Å². The van der Waals surface area contributed by atoms with Gasteiger partial charge in [-0.15, -0.1) is 25.5 Å². The van der Waals surface area contributed by atoms with Crippen LogP contribution in [0.2, 0.25) is 0 Å². The van der Waals surface area contributed by atoms with E-state index < -0.39 is 0 Å². The largest absolute Gasteiger partial charge is 0.497 e. The minimum atomic E-state index is 0.333. The van der Waals surface area contributed by atoms with E-state index in [4.69, 9.17) is 4.74 Å². The lowest BCUT2D eigenvalue weighted by Gasteiger charge is -2.03. The molecule has 0 aliphatic carbocycles. The molecule has 5 aromatic rings. The Bertz CT molecular complexity index is 1180. The first-order valence-electron chi connectivity index (χ1n) is 8.37. The summed E-state index contributed by atoms with van der Waals surface area (Å²) in [4.78, 5) is 4.49. The number of tetrazole rings is 2. The van der Waals surface area contributed by atoms with Crippen LogP contribution in [0.25, 0.3) is 40.0 Å². The Morgan fingerprint density at radius 3 is 2.03 bits per heavy atom. The molecule has 0 amide bonds. The quantitative estimate of drug-likeness (QED) is 0.438. The van der Waals surface area contributed by atoms with E-state index in [1.54, 1.807) is 30.1 Å². The molecule has 0 radical (unpaired) electrons. The fraction of sp³-hybridized carbons (Fsp3) is 0.0625. The summed E-state index contributed by atoms with van der Waals surface area (Å²) in [5.74, 6) is 1.43. The number of ether oxygens (including phenoxy) is 1. The molecule has 0 aliphatic heterocycles. The number of aromatic amines is 2. The smallest absolute Gasteiger partial charge is 0.223 e. The first-order valence-corrected chi connectivity index (χ1v) is 8.37. The lowest BCUT2D eigenvalue weighted by molar-refractivity contribution is 0.414. The van der Waals surface area contributed by atoms with Crippen molar-refractivity contribution in [3.8, 4) is 45.7 Å². The number of rotatable bonds is 5. The summed E-state index contributed by atoms with van der Waals surface area (Å²) in [6.45, 7) is 0. The van der Waals surface area contributed by atoms with Crippen LogP contribution in [-0.2, 0) is 0 Å². The molecule has 2 N–H and O–H groups in total. The molecule has 0 saturated carbocycles. The fourth-order valence-corrected chi connectivity index (χ4v) is 2.71. The molecule has 0 bridgehead atoms. The van der Waals surface area contributed by atoms with Crippen LogP contribution < -0.4 is 4.74 Å². The van der Waals surface area contributed by atoms with E-state index in [1.807, 2.05) is 24.3 Å². The zero-order valence-electron chi connectivity index (χ0n) is 14.9. The van der Waals surface area contributed by atoms with Gasteiger partial charge in [-0.05, 0) is 46.8 Å². The lowest BCUT2D eigenvalue weighted by Crippen LogP contribution is -1.94. The summed E-state index contributed by atoms with van der Waals surface area (Å²) < 4.78 is 6.85. The van der Waals surface area contributed by atoms with Gasteiger partial charge in [0.15, 0.2) is 0 Å². The molecule has 29 heavy (non-hydrogen) atoms. The Morgan fingerprint density at radius 1 is 0.828 bits per heavy atom. The van der Waals surface area contributed by atoms with Crippen LogP contribution in [-0.4, -0.2) is 68.3 Å². The van der Waals surface area contributed by atoms with Crippen LogP contribution in [0.3, 0.4) is 0 Å². The highest BCUT2D eigenvalue weighted by atomic mass is 16.5. The van der Waals surface area contributed by atoms with Gasteiger partial charge >= 0.3 is 0 Å². The van der Waals surface area contributed by atoms with Crippen molar-refractivity contribution in [1.29, 1.82) is 0 Å². The van der Waals surface area contributed by atoms with Crippen molar-refractivity contribution in [3.05, 3.63) is 42.6 Å². The minimum absolute atomic E-state index is 0.333. The molecule has 1 aromatic carbocycles. The van der Waals surface area contributed by atoms with Crippen molar-refractivity contribution in [2.45, 2.75) is 0 Å². The minimum Gasteiger partial charge on any atom is -0.497 e. The first-order chi connectivity index (χ1) is 14.3. The van der Waals surface area contributed by atoms with E-state index in [-0.39, 0.29) is 0 Å². The Hall–Kier alpha value is -4.55. The maximum atomic E-state index is 5.19. The van der Waals surface area contributed by atoms with Gasteiger partial charge in [0.05, 0.1) is 19.0 Å². The van der Waals surface area contributed by atoms with Crippen molar-refractivity contribution in [1.82, 2.24) is 61.2 Å². The molecule has 0 saturated heterocycles. The number of H-pyrrole nitrogens is 2. The average molecular weight is 388 g/mol.